The lowest BCUT2D eigenvalue weighted by atomic mass is 10.6. The fraction of sp³-hybridized carbons (Fsp3) is 0.400. The molecule has 0 aliphatic rings. The molecule has 0 heterocycles. The minimum Gasteiger partial charge on any atom is -0.478 e. The first kappa shape index (κ1) is 21.6. The number of aliphatic carboxylic acids is 1. The summed E-state index contributed by atoms with van der Waals surface area (Å²) < 4.78 is 24.9. The third-order valence-electron chi connectivity index (χ3n) is 1.08. The molecule has 0 radical (unpaired) electrons. The summed E-state index contributed by atoms with van der Waals surface area (Å²) in [6, 6.07) is 0. The van der Waals surface area contributed by atoms with Gasteiger partial charge in [-0.1, -0.05) is 20.1 Å². The summed E-state index contributed by atoms with van der Waals surface area (Å²) in [4.78, 5) is 18.7. The van der Waals surface area contributed by atoms with Gasteiger partial charge in [0.2, 0.25) is 5.91 Å². The van der Waals surface area contributed by atoms with Crippen molar-refractivity contribution in [2.75, 3.05) is 12.9 Å². The summed E-state index contributed by atoms with van der Waals surface area (Å²) >= 11 is 0. The van der Waals surface area contributed by atoms with E-state index >= 15 is 0 Å². The summed E-state index contributed by atoms with van der Waals surface area (Å²) in [6.45, 7) is 7.83. The molecule has 0 saturated heterocycles. The second-order valence-corrected chi connectivity index (χ2v) is 4.43. The average molecular weight is 281 g/mol. The van der Waals surface area contributed by atoms with Gasteiger partial charge in [-0.05, 0) is 12.5 Å². The first-order valence-electron chi connectivity index (χ1n) is 4.72. The van der Waals surface area contributed by atoms with E-state index in [4.69, 9.17) is 5.11 Å². The van der Waals surface area contributed by atoms with Crippen molar-refractivity contribution in [2.24, 2.45) is 5.73 Å². The molecule has 7 nitrogen and oxygen atoms in total. The predicted molar refractivity (Wildman–Crippen MR) is 68.3 cm³/mol. The molecule has 0 aromatic carbocycles. The van der Waals surface area contributed by atoms with Gasteiger partial charge in [0, 0.05) is 6.08 Å². The summed E-state index contributed by atoms with van der Waals surface area (Å²) in [6.07, 6.45) is 2.50. The van der Waals surface area contributed by atoms with Gasteiger partial charge in [-0.25, -0.2) is 4.79 Å². The van der Waals surface area contributed by atoms with Crippen molar-refractivity contribution in [3.63, 3.8) is 0 Å². The summed E-state index contributed by atoms with van der Waals surface area (Å²) in [5, 5.41) is 7.60. The number of hydrogen-bond acceptors (Lipinski definition) is 5. The highest BCUT2D eigenvalue weighted by molar-refractivity contribution is 7.86. The molecular formula is C10H19NO6S. The minimum absolute atomic E-state index is 0.115. The number of rotatable bonds is 5. The fourth-order valence-corrected chi connectivity index (χ4v) is 1.000. The number of carbonyl (C=O) groups excluding carboxylic acids is 1. The lowest BCUT2D eigenvalue weighted by Gasteiger charge is -1.94. The molecule has 0 fully saturated rings. The third-order valence-corrected chi connectivity index (χ3v) is 2.50. The second kappa shape index (κ2) is 13.4. The van der Waals surface area contributed by atoms with Crippen molar-refractivity contribution >= 4 is 22.0 Å². The van der Waals surface area contributed by atoms with Crippen LogP contribution in [0.3, 0.4) is 0 Å². The van der Waals surface area contributed by atoms with Gasteiger partial charge in [0.25, 0.3) is 10.1 Å². The van der Waals surface area contributed by atoms with Crippen molar-refractivity contribution < 1.29 is 27.3 Å². The van der Waals surface area contributed by atoms with E-state index < -0.39 is 22.0 Å². The fourth-order valence-electron chi connectivity index (χ4n) is 0.333. The first-order chi connectivity index (χ1) is 8.16. The highest BCUT2D eigenvalue weighted by Gasteiger charge is 2.03. The minimum atomic E-state index is -3.17. The Kier molecular flexibility index (Phi) is 16.1. The number of hydrogen-bond donors (Lipinski definition) is 2. The van der Waals surface area contributed by atoms with Crippen LogP contribution >= 0.6 is 0 Å². The highest BCUT2D eigenvalue weighted by Crippen LogP contribution is 1.91. The van der Waals surface area contributed by atoms with Crippen LogP contribution in [0.1, 0.15) is 13.3 Å². The molecule has 0 spiro atoms. The summed E-state index contributed by atoms with van der Waals surface area (Å²) in [5.74, 6) is -1.35. The predicted octanol–water partition coefficient (Wildman–Crippen LogP) is 0.287. The van der Waals surface area contributed by atoms with Crippen molar-refractivity contribution in [1.82, 2.24) is 0 Å². The van der Waals surface area contributed by atoms with E-state index in [1.54, 1.807) is 6.92 Å². The van der Waals surface area contributed by atoms with Gasteiger partial charge >= 0.3 is 5.97 Å². The van der Waals surface area contributed by atoms with Gasteiger partial charge < -0.3 is 10.8 Å². The van der Waals surface area contributed by atoms with Crippen LogP contribution in [0.2, 0.25) is 0 Å². The number of primary amides is 1. The molecule has 0 saturated carbocycles. The van der Waals surface area contributed by atoms with E-state index in [0.29, 0.717) is 6.42 Å². The molecule has 3 N–H and O–H groups in total. The second-order valence-electron chi connectivity index (χ2n) is 2.58. The van der Waals surface area contributed by atoms with Gasteiger partial charge in [0.05, 0.1) is 12.9 Å². The van der Waals surface area contributed by atoms with Crippen molar-refractivity contribution in [3.05, 3.63) is 25.3 Å². The number of amides is 1. The molecule has 0 atom stereocenters. The molecule has 18 heavy (non-hydrogen) atoms. The summed E-state index contributed by atoms with van der Waals surface area (Å²) in [7, 11) is -2.00. The average Bonchev–Trinajstić information content (AvgIpc) is 2.30. The van der Waals surface area contributed by atoms with Gasteiger partial charge in [-0.15, -0.1) is 0 Å². The standard InChI is InChI=1S/C4H10O3S.C3H5NO.C3H4O2/c1-3-4-8(5,6)7-2;2*1-2-3(4)5/h3-4H2,1-2H3;2H,1H2,(H2,4,5);2H,1H2,(H,4,5). The molecule has 0 unspecified atom stereocenters. The van der Waals surface area contributed by atoms with Gasteiger partial charge in [0.15, 0.2) is 0 Å². The topological polar surface area (TPSA) is 124 Å². The zero-order valence-corrected chi connectivity index (χ0v) is 11.3. The molecule has 0 rings (SSSR count). The largest absolute Gasteiger partial charge is 0.478 e. The maximum absolute atomic E-state index is 10.4. The number of carbonyl (C=O) groups is 2. The van der Waals surface area contributed by atoms with Crippen LogP contribution in [0.15, 0.2) is 25.3 Å². The number of nitrogens with two attached hydrogens (primary N) is 1. The van der Waals surface area contributed by atoms with Gasteiger partial charge in [-0.2, -0.15) is 8.42 Å². The van der Waals surface area contributed by atoms with Crippen LogP contribution in [-0.4, -0.2) is 38.3 Å². The van der Waals surface area contributed by atoms with Crippen LogP contribution in [-0.2, 0) is 23.9 Å². The molecule has 0 aliphatic heterocycles. The monoisotopic (exact) mass is 281 g/mol. The molecule has 8 heteroatoms. The Morgan fingerprint density at radius 1 is 1.33 bits per heavy atom. The molecule has 0 bridgehead atoms. The van der Waals surface area contributed by atoms with Gasteiger partial charge in [0.1, 0.15) is 0 Å². The maximum Gasteiger partial charge on any atom is 0.327 e. The molecule has 0 aliphatic carbocycles. The summed E-state index contributed by atoms with van der Waals surface area (Å²) in [5.41, 5.74) is 4.53. The van der Waals surface area contributed by atoms with E-state index in [0.717, 1.165) is 12.2 Å². The molecule has 1 amide bonds. The Morgan fingerprint density at radius 2 is 1.67 bits per heavy atom. The lowest BCUT2D eigenvalue weighted by Crippen LogP contribution is -2.05. The number of carboxylic acid groups (broad SMARTS) is 1. The van der Waals surface area contributed by atoms with Crippen LogP contribution in [0, 0.1) is 0 Å². The SMILES string of the molecule is C=CC(=O)O.C=CC(N)=O.CCCS(=O)(=O)OC. The Hall–Kier alpha value is -1.67. The molecule has 0 aromatic rings. The zero-order chi connectivity index (χ0) is 15.2. The zero-order valence-electron chi connectivity index (χ0n) is 10.5. The molecular weight excluding hydrogens is 262 g/mol. The van der Waals surface area contributed by atoms with Crippen molar-refractivity contribution in [3.8, 4) is 0 Å². The molecule has 0 aromatic heterocycles. The van der Waals surface area contributed by atoms with Crippen molar-refractivity contribution in [1.29, 1.82) is 0 Å². The highest BCUT2D eigenvalue weighted by atomic mass is 32.2. The van der Waals surface area contributed by atoms with Gasteiger partial charge in [-0.3, -0.25) is 8.98 Å². The van der Waals surface area contributed by atoms with E-state index in [1.807, 2.05) is 0 Å². The van der Waals surface area contributed by atoms with E-state index in [9.17, 15) is 18.0 Å². The first-order valence-corrected chi connectivity index (χ1v) is 6.30. The quantitative estimate of drug-likeness (QED) is 0.551. The smallest absolute Gasteiger partial charge is 0.327 e. The van der Waals surface area contributed by atoms with Crippen LogP contribution in [0.25, 0.3) is 0 Å². The Morgan fingerprint density at radius 3 is 1.72 bits per heavy atom. The van der Waals surface area contributed by atoms with Crippen molar-refractivity contribution in [2.45, 2.75) is 13.3 Å². The van der Waals surface area contributed by atoms with Crippen LogP contribution in [0.4, 0.5) is 0 Å². The van der Waals surface area contributed by atoms with Crippen LogP contribution < -0.4 is 5.73 Å². The molecule has 106 valence electrons. The van der Waals surface area contributed by atoms with E-state index in [2.05, 4.69) is 23.1 Å². The normalized spacial score (nSPS) is 8.78. The van der Waals surface area contributed by atoms with E-state index in [-0.39, 0.29) is 5.75 Å². The Labute approximate surface area is 107 Å². The number of carboxylic acids is 1. The van der Waals surface area contributed by atoms with Crippen LogP contribution in [0.5, 0.6) is 0 Å². The van der Waals surface area contributed by atoms with E-state index in [1.165, 1.54) is 7.11 Å². The lowest BCUT2D eigenvalue weighted by molar-refractivity contribution is -0.131. The Bertz CT molecular complexity index is 343. The third kappa shape index (κ3) is 29.3. The Balaban J connectivity index is -0.000000197. The maximum atomic E-state index is 10.4.